The molecule has 1 aromatic heterocycles. The van der Waals surface area contributed by atoms with Crippen molar-refractivity contribution in [2.24, 2.45) is 0 Å². The summed E-state index contributed by atoms with van der Waals surface area (Å²) in [5, 5.41) is 0. The largest absolute Gasteiger partial charge is 0.497 e. The standard InChI is InChI=1S/C12H10BrNO3S/c1-16-8-5-3-4-7(6-8)10-9(11(15)17-2)14-12(13)18-10/h3-6H,1-2H3. The van der Waals surface area contributed by atoms with Crippen LogP contribution in [-0.2, 0) is 4.74 Å². The molecule has 2 rings (SSSR count). The van der Waals surface area contributed by atoms with Crippen molar-refractivity contribution >= 4 is 33.2 Å². The maximum absolute atomic E-state index is 11.6. The number of esters is 1. The van der Waals surface area contributed by atoms with Gasteiger partial charge in [-0.1, -0.05) is 12.1 Å². The lowest BCUT2D eigenvalue weighted by Gasteiger charge is -2.03. The van der Waals surface area contributed by atoms with Crippen LogP contribution in [-0.4, -0.2) is 25.2 Å². The Labute approximate surface area is 117 Å². The van der Waals surface area contributed by atoms with E-state index in [1.807, 2.05) is 24.3 Å². The number of hydrogen-bond acceptors (Lipinski definition) is 5. The molecule has 0 atom stereocenters. The number of nitrogens with zero attached hydrogens (tertiary/aromatic N) is 1. The minimum absolute atomic E-state index is 0.308. The maximum Gasteiger partial charge on any atom is 0.358 e. The van der Waals surface area contributed by atoms with Gasteiger partial charge in [-0.05, 0) is 33.6 Å². The highest BCUT2D eigenvalue weighted by molar-refractivity contribution is 9.11. The van der Waals surface area contributed by atoms with Gasteiger partial charge in [0.2, 0.25) is 0 Å². The molecule has 0 saturated heterocycles. The number of hydrogen-bond donors (Lipinski definition) is 0. The second kappa shape index (κ2) is 5.49. The molecule has 0 aliphatic carbocycles. The molecule has 0 spiro atoms. The average Bonchev–Trinajstić information content (AvgIpc) is 2.80. The monoisotopic (exact) mass is 327 g/mol. The quantitative estimate of drug-likeness (QED) is 0.811. The van der Waals surface area contributed by atoms with E-state index in [4.69, 9.17) is 9.47 Å². The first-order chi connectivity index (χ1) is 8.65. The fraction of sp³-hybridized carbons (Fsp3) is 0.167. The van der Waals surface area contributed by atoms with Gasteiger partial charge in [0.25, 0.3) is 0 Å². The van der Waals surface area contributed by atoms with E-state index in [0.29, 0.717) is 9.61 Å². The third kappa shape index (κ3) is 2.54. The first kappa shape index (κ1) is 13.0. The summed E-state index contributed by atoms with van der Waals surface area (Å²) < 4.78 is 10.5. The molecule has 0 unspecified atom stereocenters. The summed E-state index contributed by atoms with van der Waals surface area (Å²) >= 11 is 4.66. The molecule has 18 heavy (non-hydrogen) atoms. The Morgan fingerprint density at radius 1 is 1.39 bits per heavy atom. The van der Waals surface area contributed by atoms with Gasteiger partial charge in [-0.25, -0.2) is 9.78 Å². The topological polar surface area (TPSA) is 48.4 Å². The Morgan fingerprint density at radius 3 is 2.83 bits per heavy atom. The summed E-state index contributed by atoms with van der Waals surface area (Å²) in [6.07, 6.45) is 0. The van der Waals surface area contributed by atoms with Crippen LogP contribution in [0.5, 0.6) is 5.75 Å². The summed E-state index contributed by atoms with van der Waals surface area (Å²) in [6, 6.07) is 7.46. The van der Waals surface area contributed by atoms with Gasteiger partial charge >= 0.3 is 5.97 Å². The molecule has 0 fully saturated rings. The number of rotatable bonds is 3. The molecule has 0 saturated carbocycles. The van der Waals surface area contributed by atoms with Crippen molar-refractivity contribution in [3.8, 4) is 16.2 Å². The lowest BCUT2D eigenvalue weighted by Crippen LogP contribution is -2.03. The van der Waals surface area contributed by atoms with Gasteiger partial charge in [-0.15, -0.1) is 11.3 Å². The second-order valence-electron chi connectivity index (χ2n) is 3.37. The normalized spacial score (nSPS) is 10.2. The molecule has 94 valence electrons. The number of carbonyl (C=O) groups excluding carboxylic acids is 1. The van der Waals surface area contributed by atoms with E-state index in [9.17, 15) is 4.79 Å². The van der Waals surface area contributed by atoms with Crippen LogP contribution < -0.4 is 4.74 Å². The molecule has 4 nitrogen and oxygen atoms in total. The molecule has 6 heteroatoms. The minimum atomic E-state index is -0.449. The van der Waals surface area contributed by atoms with Crippen molar-refractivity contribution in [1.82, 2.24) is 4.98 Å². The second-order valence-corrected chi connectivity index (χ2v) is 5.64. The van der Waals surface area contributed by atoms with Crippen molar-refractivity contribution in [2.75, 3.05) is 14.2 Å². The molecule has 0 aliphatic rings. The zero-order valence-electron chi connectivity index (χ0n) is 9.77. The van der Waals surface area contributed by atoms with Crippen molar-refractivity contribution < 1.29 is 14.3 Å². The molecular weight excluding hydrogens is 318 g/mol. The summed E-state index contributed by atoms with van der Waals surface area (Å²) in [4.78, 5) is 16.5. The first-order valence-corrected chi connectivity index (χ1v) is 6.65. The zero-order chi connectivity index (χ0) is 13.1. The van der Waals surface area contributed by atoms with E-state index in [0.717, 1.165) is 16.2 Å². The minimum Gasteiger partial charge on any atom is -0.497 e. The molecule has 0 bridgehead atoms. The maximum atomic E-state index is 11.6. The van der Waals surface area contributed by atoms with E-state index in [1.165, 1.54) is 18.4 Å². The molecular formula is C12H10BrNO3S. The Hall–Kier alpha value is -1.40. The fourth-order valence-corrected chi connectivity index (χ4v) is 2.93. The van der Waals surface area contributed by atoms with Crippen LogP contribution in [0, 0.1) is 0 Å². The molecule has 0 aliphatic heterocycles. The van der Waals surface area contributed by atoms with Crippen LogP contribution in [0.3, 0.4) is 0 Å². The van der Waals surface area contributed by atoms with Crippen molar-refractivity contribution in [3.05, 3.63) is 33.9 Å². The molecule has 0 N–H and O–H groups in total. The van der Waals surface area contributed by atoms with Crippen molar-refractivity contribution in [1.29, 1.82) is 0 Å². The average molecular weight is 328 g/mol. The van der Waals surface area contributed by atoms with Gasteiger partial charge < -0.3 is 9.47 Å². The molecule has 1 aromatic carbocycles. The fourth-order valence-electron chi connectivity index (χ4n) is 1.49. The SMILES string of the molecule is COC(=O)c1nc(Br)sc1-c1cccc(OC)c1. The number of methoxy groups -OCH3 is 2. The Kier molecular flexibility index (Phi) is 3.98. The van der Waals surface area contributed by atoms with E-state index in [1.54, 1.807) is 7.11 Å². The van der Waals surface area contributed by atoms with E-state index in [-0.39, 0.29) is 0 Å². The van der Waals surface area contributed by atoms with Crippen molar-refractivity contribution in [3.63, 3.8) is 0 Å². The summed E-state index contributed by atoms with van der Waals surface area (Å²) in [6.45, 7) is 0. The lowest BCUT2D eigenvalue weighted by atomic mass is 10.1. The van der Waals surface area contributed by atoms with E-state index < -0.39 is 5.97 Å². The Bertz CT molecular complexity index is 582. The predicted molar refractivity (Wildman–Crippen MR) is 73.1 cm³/mol. The predicted octanol–water partition coefficient (Wildman–Crippen LogP) is 3.37. The van der Waals surface area contributed by atoms with Gasteiger partial charge in [0, 0.05) is 0 Å². The first-order valence-electron chi connectivity index (χ1n) is 5.04. The van der Waals surface area contributed by atoms with Gasteiger partial charge in [-0.2, -0.15) is 0 Å². The highest BCUT2D eigenvalue weighted by Gasteiger charge is 2.19. The van der Waals surface area contributed by atoms with Gasteiger partial charge in [-0.3, -0.25) is 0 Å². The van der Waals surface area contributed by atoms with Crippen LogP contribution >= 0.6 is 27.3 Å². The van der Waals surface area contributed by atoms with Crippen molar-refractivity contribution in [2.45, 2.75) is 0 Å². The summed E-state index contributed by atoms with van der Waals surface area (Å²) in [5.74, 6) is 0.280. The highest BCUT2D eigenvalue weighted by Crippen LogP contribution is 2.34. The number of halogens is 1. The molecule has 2 aromatic rings. The van der Waals surface area contributed by atoms with Crippen LogP contribution in [0.25, 0.3) is 10.4 Å². The van der Waals surface area contributed by atoms with Crippen LogP contribution in [0.4, 0.5) is 0 Å². The van der Waals surface area contributed by atoms with E-state index >= 15 is 0 Å². The van der Waals surface area contributed by atoms with Crippen LogP contribution in [0.15, 0.2) is 28.2 Å². The smallest absolute Gasteiger partial charge is 0.358 e. The Morgan fingerprint density at radius 2 is 2.17 bits per heavy atom. The van der Waals surface area contributed by atoms with Crippen LogP contribution in [0.1, 0.15) is 10.5 Å². The van der Waals surface area contributed by atoms with Gasteiger partial charge in [0.05, 0.1) is 19.1 Å². The third-order valence-electron chi connectivity index (χ3n) is 2.31. The highest BCUT2D eigenvalue weighted by atomic mass is 79.9. The third-order valence-corrected chi connectivity index (χ3v) is 3.87. The van der Waals surface area contributed by atoms with Gasteiger partial charge in [0.15, 0.2) is 9.61 Å². The molecule has 0 amide bonds. The summed E-state index contributed by atoms with van der Waals surface area (Å²) in [7, 11) is 2.94. The number of ether oxygens (including phenoxy) is 2. The van der Waals surface area contributed by atoms with Gasteiger partial charge in [0.1, 0.15) is 5.75 Å². The zero-order valence-corrected chi connectivity index (χ0v) is 12.2. The number of benzene rings is 1. The number of carbonyl (C=O) groups is 1. The summed E-state index contributed by atoms with van der Waals surface area (Å²) in [5.41, 5.74) is 1.18. The molecule has 0 radical (unpaired) electrons. The number of thiazole rings is 1. The van der Waals surface area contributed by atoms with E-state index in [2.05, 4.69) is 20.9 Å². The Balaban J connectivity index is 2.52. The lowest BCUT2D eigenvalue weighted by molar-refractivity contribution is 0.0595. The van der Waals surface area contributed by atoms with Crippen LogP contribution in [0.2, 0.25) is 0 Å². The molecule has 1 heterocycles. The number of aromatic nitrogens is 1.